The number of rotatable bonds is 5. The van der Waals surface area contributed by atoms with Crippen LogP contribution in [0.3, 0.4) is 0 Å². The molecule has 2 rings (SSSR count). The molecule has 0 bridgehead atoms. The first-order valence-corrected chi connectivity index (χ1v) is 6.57. The molecule has 0 radical (unpaired) electrons. The fraction of sp³-hybridized carbons (Fsp3) is 0.250. The molecule has 0 aliphatic carbocycles. The van der Waals surface area contributed by atoms with Gasteiger partial charge in [0.25, 0.3) is 5.69 Å². The number of nitrogens with zero attached hydrogens (tertiary/aromatic N) is 2. The number of aliphatic hydroxyl groups excluding tert-OH is 1. The summed E-state index contributed by atoms with van der Waals surface area (Å²) < 4.78 is 0. The molecule has 1 atom stereocenters. The van der Waals surface area contributed by atoms with Crippen LogP contribution in [-0.2, 0) is 0 Å². The number of hydrogen-bond acceptors (Lipinski definition) is 6. The van der Waals surface area contributed by atoms with Crippen LogP contribution in [-0.4, -0.2) is 21.6 Å². The van der Waals surface area contributed by atoms with Gasteiger partial charge >= 0.3 is 0 Å². The summed E-state index contributed by atoms with van der Waals surface area (Å²) in [4.78, 5) is 14.4. The molecule has 0 amide bonds. The summed E-state index contributed by atoms with van der Waals surface area (Å²) in [6.07, 6.45) is 0.783. The highest BCUT2D eigenvalue weighted by atomic mass is 32.1. The SMILES string of the molecule is Cc1cnc(NCC(O)c2ccsc2)cc1[N+](=O)[O-]. The lowest BCUT2D eigenvalue weighted by molar-refractivity contribution is -0.385. The van der Waals surface area contributed by atoms with Gasteiger partial charge in [-0.05, 0) is 29.3 Å². The number of thiophene rings is 1. The Labute approximate surface area is 113 Å². The summed E-state index contributed by atoms with van der Waals surface area (Å²) in [5.74, 6) is 0.381. The molecule has 19 heavy (non-hydrogen) atoms. The molecule has 7 heteroatoms. The van der Waals surface area contributed by atoms with Crippen molar-refractivity contribution >= 4 is 22.8 Å². The van der Waals surface area contributed by atoms with Crippen molar-refractivity contribution in [3.05, 3.63) is 50.3 Å². The van der Waals surface area contributed by atoms with E-state index in [0.29, 0.717) is 11.4 Å². The van der Waals surface area contributed by atoms with Crippen LogP contribution in [0.4, 0.5) is 11.5 Å². The van der Waals surface area contributed by atoms with Crippen LogP contribution in [0.5, 0.6) is 0 Å². The lowest BCUT2D eigenvalue weighted by Crippen LogP contribution is -2.12. The Hall–Kier alpha value is -1.99. The molecule has 0 saturated heterocycles. The number of anilines is 1. The van der Waals surface area contributed by atoms with Crippen LogP contribution in [0.25, 0.3) is 0 Å². The highest BCUT2D eigenvalue weighted by Crippen LogP contribution is 2.21. The van der Waals surface area contributed by atoms with E-state index in [9.17, 15) is 15.2 Å². The van der Waals surface area contributed by atoms with Gasteiger partial charge in [-0.2, -0.15) is 11.3 Å². The van der Waals surface area contributed by atoms with Crippen molar-refractivity contribution in [1.82, 2.24) is 4.98 Å². The summed E-state index contributed by atoms with van der Waals surface area (Å²) in [7, 11) is 0. The minimum atomic E-state index is -0.659. The highest BCUT2D eigenvalue weighted by molar-refractivity contribution is 7.07. The Morgan fingerprint density at radius 2 is 2.42 bits per heavy atom. The van der Waals surface area contributed by atoms with Gasteiger partial charge in [-0.15, -0.1) is 0 Å². The van der Waals surface area contributed by atoms with Crippen molar-refractivity contribution < 1.29 is 10.0 Å². The highest BCUT2D eigenvalue weighted by Gasteiger charge is 2.13. The summed E-state index contributed by atoms with van der Waals surface area (Å²) in [6.45, 7) is 1.89. The van der Waals surface area contributed by atoms with E-state index >= 15 is 0 Å². The molecule has 6 nitrogen and oxygen atoms in total. The largest absolute Gasteiger partial charge is 0.387 e. The second-order valence-corrected chi connectivity index (χ2v) is 4.85. The fourth-order valence-electron chi connectivity index (χ4n) is 1.59. The third-order valence-corrected chi connectivity index (χ3v) is 3.38. The number of pyridine rings is 1. The van der Waals surface area contributed by atoms with Gasteiger partial charge in [0.1, 0.15) is 5.82 Å². The van der Waals surface area contributed by atoms with Crippen molar-refractivity contribution in [3.63, 3.8) is 0 Å². The van der Waals surface area contributed by atoms with Crippen molar-refractivity contribution in [3.8, 4) is 0 Å². The van der Waals surface area contributed by atoms with E-state index in [1.807, 2.05) is 16.8 Å². The number of nitro groups is 1. The van der Waals surface area contributed by atoms with Gasteiger partial charge in [0, 0.05) is 18.3 Å². The predicted octanol–water partition coefficient (Wildman–Crippen LogP) is 2.51. The molecule has 100 valence electrons. The first kappa shape index (κ1) is 13.4. The van der Waals surface area contributed by atoms with E-state index in [1.54, 1.807) is 6.92 Å². The summed E-state index contributed by atoms with van der Waals surface area (Å²) in [5, 5.41) is 27.3. The maximum atomic E-state index is 10.8. The standard InChI is InChI=1S/C12H13N3O3S/c1-8-5-13-12(4-10(8)15(17)18)14-6-11(16)9-2-3-19-7-9/h2-5,7,11,16H,6H2,1H3,(H,13,14). The molecule has 0 aromatic carbocycles. The van der Waals surface area contributed by atoms with E-state index in [2.05, 4.69) is 10.3 Å². The molecule has 2 aromatic rings. The minimum absolute atomic E-state index is 0.0162. The zero-order chi connectivity index (χ0) is 13.8. The van der Waals surface area contributed by atoms with E-state index in [-0.39, 0.29) is 12.2 Å². The van der Waals surface area contributed by atoms with E-state index in [4.69, 9.17) is 0 Å². The zero-order valence-electron chi connectivity index (χ0n) is 10.2. The quantitative estimate of drug-likeness (QED) is 0.648. The first-order chi connectivity index (χ1) is 9.08. The maximum absolute atomic E-state index is 10.8. The van der Waals surface area contributed by atoms with E-state index < -0.39 is 11.0 Å². The number of hydrogen-bond donors (Lipinski definition) is 2. The number of aryl methyl sites for hydroxylation is 1. The average molecular weight is 279 g/mol. The van der Waals surface area contributed by atoms with Crippen LogP contribution in [0.15, 0.2) is 29.1 Å². The summed E-state index contributed by atoms with van der Waals surface area (Å²) in [6, 6.07) is 3.21. The maximum Gasteiger partial charge on any atom is 0.277 e. The Morgan fingerprint density at radius 1 is 1.63 bits per heavy atom. The molecule has 1 unspecified atom stereocenters. The number of nitrogens with one attached hydrogen (secondary N) is 1. The fourth-order valence-corrected chi connectivity index (χ4v) is 2.30. The van der Waals surface area contributed by atoms with E-state index in [1.165, 1.54) is 23.6 Å². The first-order valence-electron chi connectivity index (χ1n) is 5.63. The van der Waals surface area contributed by atoms with Gasteiger partial charge in [0.05, 0.1) is 17.1 Å². The zero-order valence-corrected chi connectivity index (χ0v) is 11.1. The second-order valence-electron chi connectivity index (χ2n) is 4.07. The van der Waals surface area contributed by atoms with Crippen LogP contribution < -0.4 is 5.32 Å². The summed E-state index contributed by atoms with van der Waals surface area (Å²) >= 11 is 1.51. The average Bonchev–Trinajstić information content (AvgIpc) is 2.91. The lowest BCUT2D eigenvalue weighted by Gasteiger charge is -2.11. The Kier molecular flexibility index (Phi) is 4.08. The van der Waals surface area contributed by atoms with Gasteiger partial charge in [-0.1, -0.05) is 0 Å². The van der Waals surface area contributed by atoms with Gasteiger partial charge in [-0.25, -0.2) is 4.98 Å². The molecule has 0 spiro atoms. The molecule has 0 saturated carbocycles. The van der Waals surface area contributed by atoms with Crippen LogP contribution in [0, 0.1) is 17.0 Å². The molecule has 0 aliphatic rings. The Bertz CT molecular complexity index is 572. The molecular weight excluding hydrogens is 266 g/mol. The summed E-state index contributed by atoms with van der Waals surface area (Å²) in [5.41, 5.74) is 1.34. The van der Waals surface area contributed by atoms with Crippen LogP contribution in [0.1, 0.15) is 17.2 Å². The third kappa shape index (κ3) is 3.27. The van der Waals surface area contributed by atoms with Gasteiger partial charge in [0.15, 0.2) is 0 Å². The van der Waals surface area contributed by atoms with Crippen LogP contribution >= 0.6 is 11.3 Å². The number of aliphatic hydroxyl groups is 1. The molecule has 2 heterocycles. The van der Waals surface area contributed by atoms with Crippen molar-refractivity contribution in [2.24, 2.45) is 0 Å². The molecule has 2 N–H and O–H groups in total. The molecular formula is C12H13N3O3S. The van der Waals surface area contributed by atoms with Gasteiger partial charge < -0.3 is 10.4 Å². The lowest BCUT2D eigenvalue weighted by atomic mass is 10.2. The monoisotopic (exact) mass is 279 g/mol. The van der Waals surface area contributed by atoms with Gasteiger partial charge in [-0.3, -0.25) is 10.1 Å². The minimum Gasteiger partial charge on any atom is -0.387 e. The second kappa shape index (κ2) is 5.77. The Balaban J connectivity index is 2.04. The molecule has 0 fully saturated rings. The topological polar surface area (TPSA) is 88.3 Å². The van der Waals surface area contributed by atoms with Crippen molar-refractivity contribution in [1.29, 1.82) is 0 Å². The predicted molar refractivity (Wildman–Crippen MR) is 73.4 cm³/mol. The molecule has 0 aliphatic heterocycles. The normalized spacial score (nSPS) is 12.1. The smallest absolute Gasteiger partial charge is 0.277 e. The third-order valence-electron chi connectivity index (χ3n) is 2.68. The molecule has 2 aromatic heterocycles. The van der Waals surface area contributed by atoms with Crippen molar-refractivity contribution in [2.75, 3.05) is 11.9 Å². The van der Waals surface area contributed by atoms with Gasteiger partial charge in [0.2, 0.25) is 0 Å². The van der Waals surface area contributed by atoms with Crippen LogP contribution in [0.2, 0.25) is 0 Å². The Morgan fingerprint density at radius 3 is 3.05 bits per heavy atom. The number of aromatic nitrogens is 1. The van der Waals surface area contributed by atoms with E-state index in [0.717, 1.165) is 5.56 Å². The van der Waals surface area contributed by atoms with Crippen molar-refractivity contribution in [2.45, 2.75) is 13.0 Å².